The van der Waals surface area contributed by atoms with E-state index in [9.17, 15) is 4.39 Å². The smallest absolute Gasteiger partial charge is 0.142 e. The van der Waals surface area contributed by atoms with Crippen LogP contribution < -0.4 is 10.1 Å². The fraction of sp³-hybridized carbons (Fsp3) is 0.312. The second kappa shape index (κ2) is 7.01. The molecule has 1 aromatic carbocycles. The Kier molecular flexibility index (Phi) is 5.07. The van der Waals surface area contributed by atoms with Crippen LogP contribution in [-0.2, 0) is 0 Å². The van der Waals surface area contributed by atoms with Crippen LogP contribution in [0, 0.1) is 5.82 Å². The predicted molar refractivity (Wildman–Crippen MR) is 77.3 cm³/mol. The van der Waals surface area contributed by atoms with Crippen molar-refractivity contribution in [3.8, 4) is 5.75 Å². The van der Waals surface area contributed by atoms with Gasteiger partial charge in [-0.2, -0.15) is 0 Å². The summed E-state index contributed by atoms with van der Waals surface area (Å²) in [7, 11) is 1.63. The third-order valence-corrected chi connectivity index (χ3v) is 3.09. The lowest BCUT2D eigenvalue weighted by Crippen LogP contribution is -2.24. The maximum atomic E-state index is 13.1. The van der Waals surface area contributed by atoms with Crippen LogP contribution in [0.4, 0.5) is 4.39 Å². The first-order valence-electron chi connectivity index (χ1n) is 6.74. The molecule has 0 radical (unpaired) electrons. The Labute approximate surface area is 118 Å². The highest BCUT2D eigenvalue weighted by Crippen LogP contribution is 2.28. The van der Waals surface area contributed by atoms with Gasteiger partial charge < -0.3 is 10.1 Å². The van der Waals surface area contributed by atoms with E-state index in [1.807, 2.05) is 12.1 Å². The molecular weight excluding hydrogens is 255 g/mol. The molecule has 1 heterocycles. The van der Waals surface area contributed by atoms with E-state index in [0.717, 1.165) is 30.0 Å². The van der Waals surface area contributed by atoms with Crippen LogP contribution in [0.3, 0.4) is 0 Å². The van der Waals surface area contributed by atoms with Gasteiger partial charge in [0, 0.05) is 6.20 Å². The number of hydrogen-bond acceptors (Lipinski definition) is 3. The number of nitrogens with one attached hydrogen (secondary N) is 1. The van der Waals surface area contributed by atoms with Gasteiger partial charge in [0.1, 0.15) is 17.3 Å². The van der Waals surface area contributed by atoms with Crippen LogP contribution in [0.1, 0.15) is 30.6 Å². The quantitative estimate of drug-likeness (QED) is 0.877. The molecule has 0 spiro atoms. The standard InChI is InChI=1S/C16H19FN2O/c1-3-10-18-15(12-6-8-13(17)9-7-12)16-14(20-2)5-4-11-19-16/h4-9,11,15,18H,3,10H2,1-2H3. The SMILES string of the molecule is CCCNC(c1ccc(F)cc1)c1ncccc1OC. The number of pyridine rings is 1. The number of methoxy groups -OCH3 is 1. The fourth-order valence-electron chi connectivity index (χ4n) is 2.11. The number of halogens is 1. The number of hydrogen-bond donors (Lipinski definition) is 1. The first-order chi connectivity index (χ1) is 9.76. The summed E-state index contributed by atoms with van der Waals surface area (Å²) >= 11 is 0. The second-order valence-corrected chi connectivity index (χ2v) is 4.53. The number of benzene rings is 1. The van der Waals surface area contributed by atoms with E-state index in [2.05, 4.69) is 17.2 Å². The molecule has 0 saturated heterocycles. The van der Waals surface area contributed by atoms with Crippen molar-refractivity contribution in [1.29, 1.82) is 0 Å². The van der Waals surface area contributed by atoms with Gasteiger partial charge in [-0.15, -0.1) is 0 Å². The lowest BCUT2D eigenvalue weighted by atomic mass is 10.0. The summed E-state index contributed by atoms with van der Waals surface area (Å²) in [6.07, 6.45) is 2.74. The molecular formula is C16H19FN2O. The first kappa shape index (κ1) is 14.5. The van der Waals surface area contributed by atoms with Gasteiger partial charge in [0.05, 0.1) is 13.2 Å². The number of rotatable bonds is 6. The van der Waals surface area contributed by atoms with Crippen molar-refractivity contribution in [2.45, 2.75) is 19.4 Å². The Hall–Kier alpha value is -1.94. The summed E-state index contributed by atoms with van der Waals surface area (Å²) in [6.45, 7) is 2.95. The molecule has 1 unspecified atom stereocenters. The largest absolute Gasteiger partial charge is 0.495 e. The summed E-state index contributed by atoms with van der Waals surface area (Å²) in [5.41, 5.74) is 1.78. The highest BCUT2D eigenvalue weighted by atomic mass is 19.1. The van der Waals surface area contributed by atoms with E-state index in [1.165, 1.54) is 12.1 Å². The summed E-state index contributed by atoms with van der Waals surface area (Å²) in [5.74, 6) is 0.487. The molecule has 2 rings (SSSR count). The Morgan fingerprint density at radius 1 is 1.25 bits per heavy atom. The van der Waals surface area contributed by atoms with E-state index in [1.54, 1.807) is 25.4 Å². The fourth-order valence-corrected chi connectivity index (χ4v) is 2.11. The van der Waals surface area contributed by atoms with Gasteiger partial charge >= 0.3 is 0 Å². The summed E-state index contributed by atoms with van der Waals surface area (Å²) in [4.78, 5) is 4.42. The number of nitrogens with zero attached hydrogens (tertiary/aromatic N) is 1. The van der Waals surface area contributed by atoms with Crippen molar-refractivity contribution in [2.24, 2.45) is 0 Å². The average Bonchev–Trinajstić information content (AvgIpc) is 2.50. The van der Waals surface area contributed by atoms with Crippen molar-refractivity contribution < 1.29 is 9.13 Å². The number of aromatic nitrogens is 1. The van der Waals surface area contributed by atoms with Gasteiger partial charge in [0.25, 0.3) is 0 Å². The molecule has 0 bridgehead atoms. The van der Waals surface area contributed by atoms with E-state index in [-0.39, 0.29) is 11.9 Å². The third kappa shape index (κ3) is 3.33. The minimum Gasteiger partial charge on any atom is -0.495 e. The van der Waals surface area contributed by atoms with Gasteiger partial charge in [0.15, 0.2) is 0 Å². The predicted octanol–water partition coefficient (Wildman–Crippen LogP) is 3.32. The van der Waals surface area contributed by atoms with E-state index < -0.39 is 0 Å². The topological polar surface area (TPSA) is 34.2 Å². The molecule has 1 atom stereocenters. The van der Waals surface area contributed by atoms with Crippen LogP contribution in [-0.4, -0.2) is 18.6 Å². The molecule has 0 aliphatic rings. The van der Waals surface area contributed by atoms with Crippen molar-refractivity contribution in [2.75, 3.05) is 13.7 Å². The maximum Gasteiger partial charge on any atom is 0.142 e. The van der Waals surface area contributed by atoms with Crippen LogP contribution in [0.5, 0.6) is 5.75 Å². The molecule has 106 valence electrons. The van der Waals surface area contributed by atoms with Crippen molar-refractivity contribution in [1.82, 2.24) is 10.3 Å². The van der Waals surface area contributed by atoms with Crippen LogP contribution >= 0.6 is 0 Å². The third-order valence-electron chi connectivity index (χ3n) is 3.09. The molecule has 20 heavy (non-hydrogen) atoms. The van der Waals surface area contributed by atoms with Crippen molar-refractivity contribution in [3.63, 3.8) is 0 Å². The monoisotopic (exact) mass is 274 g/mol. The van der Waals surface area contributed by atoms with Crippen molar-refractivity contribution in [3.05, 3.63) is 59.7 Å². The Bertz CT molecular complexity index is 542. The molecule has 2 aromatic rings. The van der Waals surface area contributed by atoms with Gasteiger partial charge in [0.2, 0.25) is 0 Å². The molecule has 0 saturated carbocycles. The Morgan fingerprint density at radius 3 is 2.65 bits per heavy atom. The normalized spacial score (nSPS) is 12.2. The minimum atomic E-state index is -0.240. The van der Waals surface area contributed by atoms with Crippen LogP contribution in [0.25, 0.3) is 0 Å². The van der Waals surface area contributed by atoms with Crippen molar-refractivity contribution >= 4 is 0 Å². The highest BCUT2D eigenvalue weighted by molar-refractivity contribution is 5.36. The average molecular weight is 274 g/mol. The highest BCUT2D eigenvalue weighted by Gasteiger charge is 2.18. The molecule has 0 fully saturated rings. The van der Waals surface area contributed by atoms with Gasteiger partial charge in [-0.3, -0.25) is 4.98 Å². The molecule has 4 heteroatoms. The zero-order valence-electron chi connectivity index (χ0n) is 11.8. The maximum absolute atomic E-state index is 13.1. The van der Waals surface area contributed by atoms with Crippen LogP contribution in [0.2, 0.25) is 0 Å². The summed E-state index contributed by atoms with van der Waals surface area (Å²) in [6, 6.07) is 10.1. The lowest BCUT2D eigenvalue weighted by Gasteiger charge is -2.20. The second-order valence-electron chi connectivity index (χ2n) is 4.53. The lowest BCUT2D eigenvalue weighted by molar-refractivity contribution is 0.399. The van der Waals surface area contributed by atoms with E-state index >= 15 is 0 Å². The summed E-state index contributed by atoms with van der Waals surface area (Å²) in [5, 5.41) is 3.43. The Morgan fingerprint density at radius 2 is 2.00 bits per heavy atom. The van der Waals surface area contributed by atoms with Gasteiger partial charge in [-0.25, -0.2) is 4.39 Å². The summed E-state index contributed by atoms with van der Waals surface area (Å²) < 4.78 is 18.5. The van der Waals surface area contributed by atoms with E-state index in [0.29, 0.717) is 0 Å². The Balaban J connectivity index is 2.38. The molecule has 1 aromatic heterocycles. The molecule has 3 nitrogen and oxygen atoms in total. The van der Waals surface area contributed by atoms with Gasteiger partial charge in [-0.05, 0) is 42.8 Å². The van der Waals surface area contributed by atoms with Gasteiger partial charge in [-0.1, -0.05) is 19.1 Å². The van der Waals surface area contributed by atoms with E-state index in [4.69, 9.17) is 4.74 Å². The molecule has 0 amide bonds. The molecule has 0 aliphatic heterocycles. The number of ether oxygens (including phenoxy) is 1. The first-order valence-corrected chi connectivity index (χ1v) is 6.74. The zero-order valence-corrected chi connectivity index (χ0v) is 11.8. The minimum absolute atomic E-state index is 0.105. The molecule has 1 N–H and O–H groups in total. The van der Waals surface area contributed by atoms with Crippen LogP contribution in [0.15, 0.2) is 42.6 Å². The zero-order chi connectivity index (χ0) is 14.4. The molecule has 0 aliphatic carbocycles.